The Hall–Kier alpha value is -0.970. The lowest BCUT2D eigenvalue weighted by Gasteiger charge is -2.21. The molecule has 2 heterocycles. The summed E-state index contributed by atoms with van der Waals surface area (Å²) in [7, 11) is 4.34. The molecular formula is C17H30N4. The van der Waals surface area contributed by atoms with Gasteiger partial charge in [0.2, 0.25) is 0 Å². The van der Waals surface area contributed by atoms with Gasteiger partial charge in [-0.25, -0.2) is 0 Å². The highest BCUT2D eigenvalue weighted by molar-refractivity contribution is 5.14. The van der Waals surface area contributed by atoms with Gasteiger partial charge in [0.25, 0.3) is 0 Å². The van der Waals surface area contributed by atoms with Crippen LogP contribution in [0.2, 0.25) is 0 Å². The molecule has 0 aromatic carbocycles. The Morgan fingerprint density at radius 2 is 2.10 bits per heavy atom. The third-order valence-electron chi connectivity index (χ3n) is 4.07. The zero-order valence-corrected chi connectivity index (χ0v) is 14.2. The van der Waals surface area contributed by atoms with Crippen molar-refractivity contribution in [2.24, 2.45) is 0 Å². The molecule has 0 spiro atoms. The van der Waals surface area contributed by atoms with Gasteiger partial charge in [0.15, 0.2) is 0 Å². The molecule has 1 fully saturated rings. The third-order valence-corrected chi connectivity index (χ3v) is 4.07. The van der Waals surface area contributed by atoms with Crippen molar-refractivity contribution in [2.45, 2.75) is 51.9 Å². The second-order valence-electron chi connectivity index (χ2n) is 7.40. The number of aromatic nitrogens is 1. The largest absolute Gasteiger partial charge is 0.308 e. The molecule has 1 aliphatic rings. The molecule has 1 saturated heterocycles. The Morgan fingerprint density at radius 3 is 2.62 bits per heavy atom. The minimum absolute atomic E-state index is 0.148. The number of hydrogen-bond acceptors (Lipinski definition) is 4. The van der Waals surface area contributed by atoms with Crippen molar-refractivity contribution in [3.8, 4) is 0 Å². The summed E-state index contributed by atoms with van der Waals surface area (Å²) in [5.41, 5.74) is 2.57. The lowest BCUT2D eigenvalue weighted by atomic mass is 10.1. The van der Waals surface area contributed by atoms with Crippen molar-refractivity contribution in [1.82, 2.24) is 20.1 Å². The molecule has 21 heavy (non-hydrogen) atoms. The van der Waals surface area contributed by atoms with Gasteiger partial charge in [-0.1, -0.05) is 6.07 Å². The first-order valence-electron chi connectivity index (χ1n) is 7.91. The molecule has 0 bridgehead atoms. The minimum Gasteiger partial charge on any atom is -0.308 e. The predicted octanol–water partition coefficient (Wildman–Crippen LogP) is 2.11. The summed E-state index contributed by atoms with van der Waals surface area (Å²) in [5.74, 6) is 0. The molecule has 1 aromatic rings. The first-order chi connectivity index (χ1) is 9.83. The van der Waals surface area contributed by atoms with Crippen LogP contribution in [0.25, 0.3) is 0 Å². The Bertz CT molecular complexity index is 433. The average molecular weight is 290 g/mol. The van der Waals surface area contributed by atoms with E-state index in [0.717, 1.165) is 19.6 Å². The molecule has 1 aromatic heterocycles. The summed E-state index contributed by atoms with van der Waals surface area (Å²) < 4.78 is 0. The van der Waals surface area contributed by atoms with E-state index in [9.17, 15) is 0 Å². The molecule has 0 saturated carbocycles. The highest BCUT2D eigenvalue weighted by Gasteiger charge is 2.23. The van der Waals surface area contributed by atoms with Crippen LogP contribution >= 0.6 is 0 Å². The SMILES string of the molecule is CN(C)C1CCN(Cc2ccc(CNC(C)(C)C)cn2)C1. The summed E-state index contributed by atoms with van der Waals surface area (Å²) in [6, 6.07) is 5.06. The molecule has 4 nitrogen and oxygen atoms in total. The van der Waals surface area contributed by atoms with Crippen LogP contribution in [-0.4, -0.2) is 53.5 Å². The van der Waals surface area contributed by atoms with Crippen LogP contribution < -0.4 is 5.32 Å². The second-order valence-corrected chi connectivity index (χ2v) is 7.40. The molecule has 2 rings (SSSR count). The Morgan fingerprint density at radius 1 is 1.33 bits per heavy atom. The first kappa shape index (κ1) is 16.4. The Kier molecular flexibility index (Phi) is 5.36. The van der Waals surface area contributed by atoms with Gasteiger partial charge in [-0.3, -0.25) is 9.88 Å². The summed E-state index contributed by atoms with van der Waals surface area (Å²) in [6.07, 6.45) is 3.27. The van der Waals surface area contributed by atoms with Crippen molar-refractivity contribution in [3.05, 3.63) is 29.6 Å². The van der Waals surface area contributed by atoms with E-state index in [1.165, 1.54) is 24.2 Å². The lowest BCUT2D eigenvalue weighted by Crippen LogP contribution is -2.35. The highest BCUT2D eigenvalue weighted by atomic mass is 15.2. The number of nitrogens with one attached hydrogen (secondary N) is 1. The van der Waals surface area contributed by atoms with E-state index in [-0.39, 0.29) is 5.54 Å². The quantitative estimate of drug-likeness (QED) is 0.900. The van der Waals surface area contributed by atoms with Crippen LogP contribution in [0.3, 0.4) is 0 Å². The summed E-state index contributed by atoms with van der Waals surface area (Å²) in [5, 5.41) is 3.49. The normalized spacial score (nSPS) is 20.4. The van der Waals surface area contributed by atoms with E-state index < -0.39 is 0 Å². The van der Waals surface area contributed by atoms with E-state index in [1.54, 1.807) is 0 Å². The standard InChI is InChI=1S/C17H30N4/c1-17(2,3)19-11-14-6-7-15(18-10-14)12-21-9-8-16(13-21)20(4)5/h6-7,10,16,19H,8-9,11-13H2,1-5H3. The molecular weight excluding hydrogens is 260 g/mol. The first-order valence-corrected chi connectivity index (χ1v) is 7.91. The van der Waals surface area contributed by atoms with E-state index in [2.05, 4.69) is 67.1 Å². The fourth-order valence-corrected chi connectivity index (χ4v) is 2.63. The maximum Gasteiger partial charge on any atom is 0.0544 e. The van der Waals surface area contributed by atoms with Crippen molar-refractivity contribution in [1.29, 1.82) is 0 Å². The van der Waals surface area contributed by atoms with Gasteiger partial charge < -0.3 is 10.2 Å². The maximum absolute atomic E-state index is 4.62. The van der Waals surface area contributed by atoms with Crippen molar-refractivity contribution >= 4 is 0 Å². The fraction of sp³-hybridized carbons (Fsp3) is 0.706. The smallest absolute Gasteiger partial charge is 0.0544 e. The fourth-order valence-electron chi connectivity index (χ4n) is 2.63. The summed E-state index contributed by atoms with van der Waals surface area (Å²) in [6.45, 7) is 10.7. The molecule has 1 N–H and O–H groups in total. The van der Waals surface area contributed by atoms with Crippen molar-refractivity contribution in [3.63, 3.8) is 0 Å². The van der Waals surface area contributed by atoms with Crippen LogP contribution in [0.15, 0.2) is 18.3 Å². The van der Waals surface area contributed by atoms with Crippen LogP contribution in [0, 0.1) is 0 Å². The Labute approximate surface area is 129 Å². The molecule has 1 atom stereocenters. The molecule has 1 aliphatic heterocycles. The van der Waals surface area contributed by atoms with Gasteiger partial charge in [0.1, 0.15) is 0 Å². The van der Waals surface area contributed by atoms with Gasteiger partial charge in [-0.2, -0.15) is 0 Å². The molecule has 118 valence electrons. The predicted molar refractivity (Wildman–Crippen MR) is 88.2 cm³/mol. The highest BCUT2D eigenvalue weighted by Crippen LogP contribution is 2.15. The van der Waals surface area contributed by atoms with Gasteiger partial charge in [0, 0.05) is 44.0 Å². The number of nitrogens with zero attached hydrogens (tertiary/aromatic N) is 3. The van der Waals surface area contributed by atoms with Gasteiger partial charge in [-0.05, 0) is 52.9 Å². The third kappa shape index (κ3) is 5.38. The summed E-state index contributed by atoms with van der Waals surface area (Å²) in [4.78, 5) is 9.45. The molecule has 0 aliphatic carbocycles. The molecule has 4 heteroatoms. The average Bonchev–Trinajstić information content (AvgIpc) is 2.86. The zero-order valence-electron chi connectivity index (χ0n) is 14.2. The Balaban J connectivity index is 1.83. The summed E-state index contributed by atoms with van der Waals surface area (Å²) >= 11 is 0. The van der Waals surface area contributed by atoms with Gasteiger partial charge in [0.05, 0.1) is 5.69 Å². The number of pyridine rings is 1. The van der Waals surface area contributed by atoms with Gasteiger partial charge in [-0.15, -0.1) is 0 Å². The number of hydrogen-bond donors (Lipinski definition) is 1. The molecule has 0 amide bonds. The maximum atomic E-state index is 4.62. The minimum atomic E-state index is 0.148. The monoisotopic (exact) mass is 290 g/mol. The van der Waals surface area contributed by atoms with Crippen LogP contribution in [0.5, 0.6) is 0 Å². The second kappa shape index (κ2) is 6.86. The van der Waals surface area contributed by atoms with Crippen LogP contribution in [-0.2, 0) is 13.1 Å². The van der Waals surface area contributed by atoms with Gasteiger partial charge >= 0.3 is 0 Å². The van der Waals surface area contributed by atoms with Crippen molar-refractivity contribution < 1.29 is 0 Å². The van der Waals surface area contributed by atoms with Crippen LogP contribution in [0.1, 0.15) is 38.4 Å². The van der Waals surface area contributed by atoms with E-state index >= 15 is 0 Å². The van der Waals surface area contributed by atoms with Crippen molar-refractivity contribution in [2.75, 3.05) is 27.2 Å². The van der Waals surface area contributed by atoms with E-state index in [1.807, 2.05) is 6.20 Å². The molecule has 0 radical (unpaired) electrons. The van der Waals surface area contributed by atoms with Crippen LogP contribution in [0.4, 0.5) is 0 Å². The van der Waals surface area contributed by atoms with E-state index in [4.69, 9.17) is 0 Å². The lowest BCUT2D eigenvalue weighted by molar-refractivity contribution is 0.263. The topological polar surface area (TPSA) is 31.4 Å². The molecule has 1 unspecified atom stereocenters. The number of rotatable bonds is 5. The number of likely N-dealkylation sites (tertiary alicyclic amines) is 1. The number of likely N-dealkylation sites (N-methyl/N-ethyl adjacent to an activating group) is 1. The van der Waals surface area contributed by atoms with E-state index in [0.29, 0.717) is 6.04 Å². The zero-order chi connectivity index (χ0) is 15.5.